The normalized spacial score (nSPS) is 10.9. The van der Waals surface area contributed by atoms with Gasteiger partial charge in [-0.2, -0.15) is 5.10 Å². The summed E-state index contributed by atoms with van der Waals surface area (Å²) in [7, 11) is 3.51. The predicted octanol–water partition coefficient (Wildman–Crippen LogP) is 4.80. The van der Waals surface area contributed by atoms with E-state index in [0.29, 0.717) is 11.6 Å². The van der Waals surface area contributed by atoms with E-state index < -0.39 is 0 Å². The molecule has 0 aliphatic heterocycles. The zero-order chi connectivity index (χ0) is 21.2. The summed E-state index contributed by atoms with van der Waals surface area (Å²) in [6.07, 6.45) is 5.30. The smallest absolute Gasteiger partial charge is 0.163 e. The molecular formula is C24H20N6O. The molecule has 2 N–H and O–H groups in total. The summed E-state index contributed by atoms with van der Waals surface area (Å²) in [4.78, 5) is 13.7. The Bertz CT molecular complexity index is 1350. The van der Waals surface area contributed by atoms with Gasteiger partial charge in [-0.15, -0.1) is 0 Å². The van der Waals surface area contributed by atoms with Gasteiger partial charge in [0, 0.05) is 42.2 Å². The molecule has 5 aromatic rings. The van der Waals surface area contributed by atoms with Crippen LogP contribution in [0.25, 0.3) is 44.7 Å². The monoisotopic (exact) mass is 408 g/mol. The van der Waals surface area contributed by atoms with Crippen LogP contribution >= 0.6 is 0 Å². The molecule has 0 saturated heterocycles. The quantitative estimate of drug-likeness (QED) is 0.434. The van der Waals surface area contributed by atoms with E-state index in [1.807, 2.05) is 49.6 Å². The SMILES string of the molecule is CNc1nc(-c2cccnc2)nc2c(OC)cc(-c3cccc(-c4cc[nH]n4)c3)cc12. The Morgan fingerprint density at radius 2 is 1.77 bits per heavy atom. The molecule has 3 heterocycles. The highest BCUT2D eigenvalue weighted by Gasteiger charge is 2.15. The number of methoxy groups -OCH3 is 1. The van der Waals surface area contributed by atoms with Gasteiger partial charge in [-0.3, -0.25) is 10.1 Å². The third-order valence-electron chi connectivity index (χ3n) is 5.13. The summed E-state index contributed by atoms with van der Waals surface area (Å²) < 4.78 is 5.73. The number of H-pyrrole nitrogens is 1. The van der Waals surface area contributed by atoms with E-state index in [1.54, 1.807) is 19.5 Å². The number of nitrogens with zero attached hydrogens (tertiary/aromatic N) is 4. The number of fused-ring (bicyclic) bond motifs is 1. The van der Waals surface area contributed by atoms with Crippen LogP contribution in [0.15, 0.2) is 73.2 Å². The first-order valence-corrected chi connectivity index (χ1v) is 9.85. The highest BCUT2D eigenvalue weighted by atomic mass is 16.5. The number of ether oxygens (including phenoxy) is 1. The Morgan fingerprint density at radius 3 is 2.52 bits per heavy atom. The fraction of sp³-hybridized carbons (Fsp3) is 0.0833. The van der Waals surface area contributed by atoms with Gasteiger partial charge in [0.1, 0.15) is 17.1 Å². The molecule has 0 saturated carbocycles. The lowest BCUT2D eigenvalue weighted by Crippen LogP contribution is -2.01. The summed E-state index contributed by atoms with van der Waals surface area (Å²) in [6, 6.07) is 18.1. The third-order valence-corrected chi connectivity index (χ3v) is 5.13. The molecule has 5 rings (SSSR count). The average molecular weight is 408 g/mol. The lowest BCUT2D eigenvalue weighted by atomic mass is 9.99. The summed E-state index contributed by atoms with van der Waals surface area (Å²) in [5.74, 6) is 2.01. The number of hydrogen-bond acceptors (Lipinski definition) is 6. The van der Waals surface area contributed by atoms with Gasteiger partial charge in [-0.1, -0.05) is 18.2 Å². The van der Waals surface area contributed by atoms with E-state index >= 15 is 0 Å². The number of hydrogen-bond donors (Lipinski definition) is 2. The highest BCUT2D eigenvalue weighted by molar-refractivity contribution is 5.98. The summed E-state index contributed by atoms with van der Waals surface area (Å²) in [6.45, 7) is 0. The summed E-state index contributed by atoms with van der Waals surface area (Å²) in [5.41, 5.74) is 5.59. The lowest BCUT2D eigenvalue weighted by Gasteiger charge is -2.14. The maximum absolute atomic E-state index is 5.73. The van der Waals surface area contributed by atoms with E-state index in [0.717, 1.165) is 44.7 Å². The first-order valence-electron chi connectivity index (χ1n) is 9.85. The Balaban J connectivity index is 1.69. The molecule has 7 nitrogen and oxygen atoms in total. The molecule has 0 amide bonds. The third kappa shape index (κ3) is 3.46. The van der Waals surface area contributed by atoms with Crippen molar-refractivity contribution < 1.29 is 4.74 Å². The number of nitrogens with one attached hydrogen (secondary N) is 2. The number of anilines is 1. The van der Waals surface area contributed by atoms with Crippen LogP contribution in [0, 0.1) is 0 Å². The van der Waals surface area contributed by atoms with Crippen molar-refractivity contribution in [1.29, 1.82) is 0 Å². The number of pyridine rings is 1. The van der Waals surface area contributed by atoms with E-state index in [-0.39, 0.29) is 0 Å². The van der Waals surface area contributed by atoms with Gasteiger partial charge in [0.05, 0.1) is 12.8 Å². The molecule has 0 aliphatic rings. The molecule has 0 bridgehead atoms. The minimum Gasteiger partial charge on any atom is -0.494 e. The fourth-order valence-electron chi connectivity index (χ4n) is 3.62. The Morgan fingerprint density at radius 1 is 0.903 bits per heavy atom. The first kappa shape index (κ1) is 18.7. The van der Waals surface area contributed by atoms with Crippen molar-refractivity contribution in [1.82, 2.24) is 25.1 Å². The van der Waals surface area contributed by atoms with Crippen molar-refractivity contribution >= 4 is 16.7 Å². The molecule has 0 fully saturated rings. The number of aromatic nitrogens is 5. The molecule has 2 aromatic carbocycles. The van der Waals surface area contributed by atoms with Gasteiger partial charge in [0.2, 0.25) is 0 Å². The molecule has 7 heteroatoms. The molecule has 0 aliphatic carbocycles. The zero-order valence-electron chi connectivity index (χ0n) is 17.1. The highest BCUT2D eigenvalue weighted by Crippen LogP contribution is 2.36. The molecular weight excluding hydrogens is 388 g/mol. The number of aromatic amines is 1. The molecule has 0 spiro atoms. The second-order valence-electron chi connectivity index (χ2n) is 7.00. The van der Waals surface area contributed by atoms with Crippen molar-refractivity contribution in [2.75, 3.05) is 19.5 Å². The van der Waals surface area contributed by atoms with E-state index in [1.165, 1.54) is 0 Å². The largest absolute Gasteiger partial charge is 0.494 e. The van der Waals surface area contributed by atoms with Gasteiger partial charge >= 0.3 is 0 Å². The first-order chi connectivity index (χ1) is 15.3. The van der Waals surface area contributed by atoms with Gasteiger partial charge in [0.25, 0.3) is 0 Å². The van der Waals surface area contributed by atoms with E-state index in [2.05, 4.69) is 38.7 Å². The van der Waals surface area contributed by atoms with Crippen molar-refractivity contribution in [3.05, 3.63) is 73.2 Å². The lowest BCUT2D eigenvalue weighted by molar-refractivity contribution is 0.419. The predicted molar refractivity (Wildman–Crippen MR) is 122 cm³/mol. The van der Waals surface area contributed by atoms with Crippen LogP contribution in [-0.4, -0.2) is 39.3 Å². The Hall–Kier alpha value is -4.26. The Labute approximate surface area is 179 Å². The molecule has 3 aromatic heterocycles. The topological polar surface area (TPSA) is 88.6 Å². The van der Waals surface area contributed by atoms with Gasteiger partial charge in [-0.05, 0) is 47.5 Å². The van der Waals surface area contributed by atoms with Crippen LogP contribution in [0.4, 0.5) is 5.82 Å². The molecule has 152 valence electrons. The van der Waals surface area contributed by atoms with Gasteiger partial charge < -0.3 is 10.1 Å². The second-order valence-corrected chi connectivity index (χ2v) is 7.00. The number of rotatable bonds is 5. The van der Waals surface area contributed by atoms with Crippen molar-refractivity contribution in [3.63, 3.8) is 0 Å². The number of benzene rings is 2. The van der Waals surface area contributed by atoms with Crippen LogP contribution in [0.1, 0.15) is 0 Å². The summed E-state index contributed by atoms with van der Waals surface area (Å²) >= 11 is 0. The standard InChI is InChI=1S/C24H20N6O/c1-25-24-19-12-18(15-5-3-6-16(11-15)20-8-10-27-30-20)13-21(31-2)22(19)28-23(29-24)17-7-4-9-26-14-17/h3-14H,1-2H3,(H,27,30)(H,25,28,29). The van der Waals surface area contributed by atoms with Crippen LogP contribution < -0.4 is 10.1 Å². The van der Waals surface area contributed by atoms with Crippen LogP contribution in [0.2, 0.25) is 0 Å². The molecule has 0 radical (unpaired) electrons. The molecule has 0 unspecified atom stereocenters. The minimum atomic E-state index is 0.594. The van der Waals surface area contributed by atoms with Crippen molar-refractivity contribution in [2.24, 2.45) is 0 Å². The van der Waals surface area contributed by atoms with Crippen molar-refractivity contribution in [3.8, 4) is 39.5 Å². The minimum absolute atomic E-state index is 0.594. The maximum atomic E-state index is 5.73. The van der Waals surface area contributed by atoms with E-state index in [4.69, 9.17) is 14.7 Å². The zero-order valence-corrected chi connectivity index (χ0v) is 17.1. The van der Waals surface area contributed by atoms with Crippen molar-refractivity contribution in [2.45, 2.75) is 0 Å². The molecule has 0 atom stereocenters. The maximum Gasteiger partial charge on any atom is 0.163 e. The summed E-state index contributed by atoms with van der Waals surface area (Å²) in [5, 5.41) is 11.2. The van der Waals surface area contributed by atoms with Crippen LogP contribution in [0.5, 0.6) is 5.75 Å². The molecule has 31 heavy (non-hydrogen) atoms. The van der Waals surface area contributed by atoms with E-state index in [9.17, 15) is 0 Å². The fourth-order valence-corrected chi connectivity index (χ4v) is 3.62. The Kier molecular flexibility index (Phi) is 4.76. The van der Waals surface area contributed by atoms with Crippen LogP contribution in [-0.2, 0) is 0 Å². The van der Waals surface area contributed by atoms with Gasteiger partial charge in [-0.25, -0.2) is 9.97 Å². The van der Waals surface area contributed by atoms with Crippen LogP contribution in [0.3, 0.4) is 0 Å². The van der Waals surface area contributed by atoms with Gasteiger partial charge in [0.15, 0.2) is 5.82 Å². The average Bonchev–Trinajstić information content (AvgIpc) is 3.38. The second kappa shape index (κ2) is 7.87.